The van der Waals surface area contributed by atoms with Gasteiger partial charge in [0.2, 0.25) is 11.6 Å². The van der Waals surface area contributed by atoms with Crippen molar-refractivity contribution < 1.29 is 23.4 Å². The second kappa shape index (κ2) is 7.77. The summed E-state index contributed by atoms with van der Waals surface area (Å²) < 4.78 is 23.0. The molecule has 10 heteroatoms. The molecule has 0 aliphatic rings. The minimum Gasteiger partial charge on any atom is -0.493 e. The van der Waals surface area contributed by atoms with Crippen LogP contribution in [0.25, 0.3) is 11.5 Å². The number of nitrogens with zero attached hydrogens (tertiary/aromatic N) is 4. The standard InChI is InChI=1S/C17H19N5O5/c1-5-22-11(6-7-18-22)15(23)19-17-21-20-16(27-17)10-8-12(24-2)14(26-4)13(9-10)25-3/h6-9H,5H2,1-4H3,(H,19,21,23). The Balaban J connectivity index is 1.86. The highest BCUT2D eigenvalue weighted by Gasteiger charge is 2.19. The second-order valence-corrected chi connectivity index (χ2v) is 5.31. The van der Waals surface area contributed by atoms with Crippen molar-refractivity contribution >= 4 is 11.9 Å². The van der Waals surface area contributed by atoms with Gasteiger partial charge in [0.05, 0.1) is 21.3 Å². The topological polar surface area (TPSA) is 114 Å². The Kier molecular flexibility index (Phi) is 5.25. The maximum atomic E-state index is 12.3. The van der Waals surface area contributed by atoms with Gasteiger partial charge in [-0.15, -0.1) is 5.10 Å². The average Bonchev–Trinajstić information content (AvgIpc) is 3.35. The number of carbonyl (C=O) groups excluding carboxylic acids is 1. The molecule has 142 valence electrons. The summed E-state index contributed by atoms with van der Waals surface area (Å²) in [5.41, 5.74) is 0.945. The van der Waals surface area contributed by atoms with Crippen molar-refractivity contribution in [1.29, 1.82) is 0 Å². The molecule has 0 saturated carbocycles. The molecule has 0 aliphatic carbocycles. The minimum atomic E-state index is -0.394. The summed E-state index contributed by atoms with van der Waals surface area (Å²) in [6, 6.07) is 4.92. The van der Waals surface area contributed by atoms with E-state index in [0.29, 0.717) is 35.1 Å². The van der Waals surface area contributed by atoms with Crippen molar-refractivity contribution in [2.75, 3.05) is 26.6 Å². The molecule has 1 aromatic carbocycles. The Hall–Kier alpha value is -3.56. The SMILES string of the molecule is CCn1nccc1C(=O)Nc1nnc(-c2cc(OC)c(OC)c(OC)c2)o1. The first-order valence-electron chi connectivity index (χ1n) is 8.08. The fourth-order valence-electron chi connectivity index (χ4n) is 2.53. The average molecular weight is 373 g/mol. The number of aromatic nitrogens is 4. The first-order chi connectivity index (χ1) is 13.1. The molecule has 3 rings (SSSR count). The number of benzene rings is 1. The van der Waals surface area contributed by atoms with Crippen LogP contribution in [0.4, 0.5) is 6.01 Å². The van der Waals surface area contributed by atoms with Gasteiger partial charge in [-0.1, -0.05) is 5.10 Å². The number of nitrogens with one attached hydrogen (secondary N) is 1. The summed E-state index contributed by atoms with van der Waals surface area (Å²) in [6.45, 7) is 2.45. The van der Waals surface area contributed by atoms with Gasteiger partial charge in [0.15, 0.2) is 11.5 Å². The largest absolute Gasteiger partial charge is 0.493 e. The zero-order valence-corrected chi connectivity index (χ0v) is 15.3. The molecule has 0 saturated heterocycles. The molecule has 10 nitrogen and oxygen atoms in total. The number of hydrogen-bond acceptors (Lipinski definition) is 8. The molecule has 0 spiro atoms. The van der Waals surface area contributed by atoms with E-state index >= 15 is 0 Å². The summed E-state index contributed by atoms with van der Waals surface area (Å²) >= 11 is 0. The number of methoxy groups -OCH3 is 3. The molecule has 3 aromatic rings. The van der Waals surface area contributed by atoms with E-state index in [1.807, 2.05) is 6.92 Å². The van der Waals surface area contributed by atoms with E-state index in [1.54, 1.807) is 29.1 Å². The highest BCUT2D eigenvalue weighted by Crippen LogP contribution is 2.41. The van der Waals surface area contributed by atoms with Crippen molar-refractivity contribution in [1.82, 2.24) is 20.0 Å². The maximum Gasteiger partial charge on any atom is 0.322 e. The Morgan fingerprint density at radius 3 is 2.44 bits per heavy atom. The van der Waals surface area contributed by atoms with E-state index in [0.717, 1.165) is 0 Å². The number of carbonyl (C=O) groups is 1. The van der Waals surface area contributed by atoms with Crippen LogP contribution in [0.3, 0.4) is 0 Å². The number of amides is 1. The van der Waals surface area contributed by atoms with Gasteiger partial charge in [-0.25, -0.2) is 0 Å². The second-order valence-electron chi connectivity index (χ2n) is 5.31. The summed E-state index contributed by atoms with van der Waals surface area (Å²) in [5, 5.41) is 14.4. The quantitative estimate of drug-likeness (QED) is 0.671. The molecule has 2 aromatic heterocycles. The predicted octanol–water partition coefficient (Wildman–Crippen LogP) is 2.23. The Morgan fingerprint density at radius 2 is 1.85 bits per heavy atom. The Labute approximate surface area is 155 Å². The van der Waals surface area contributed by atoms with Gasteiger partial charge in [-0.3, -0.25) is 14.8 Å². The number of anilines is 1. The zero-order valence-electron chi connectivity index (χ0n) is 15.3. The number of aryl methyl sites for hydroxylation is 1. The molecule has 1 amide bonds. The molecule has 0 fully saturated rings. The number of ether oxygens (including phenoxy) is 3. The zero-order chi connectivity index (χ0) is 19.4. The van der Waals surface area contributed by atoms with Crippen LogP contribution in [0.2, 0.25) is 0 Å². The molecule has 27 heavy (non-hydrogen) atoms. The third-order valence-corrected chi connectivity index (χ3v) is 3.81. The molecule has 0 unspecified atom stereocenters. The highest BCUT2D eigenvalue weighted by atomic mass is 16.5. The van der Waals surface area contributed by atoms with Crippen LogP contribution in [0.15, 0.2) is 28.8 Å². The summed E-state index contributed by atoms with van der Waals surface area (Å²) in [5.74, 6) is 1.14. The third-order valence-electron chi connectivity index (χ3n) is 3.81. The van der Waals surface area contributed by atoms with Gasteiger partial charge in [-0.05, 0) is 25.1 Å². The number of rotatable bonds is 7. The van der Waals surface area contributed by atoms with Crippen LogP contribution >= 0.6 is 0 Å². The smallest absolute Gasteiger partial charge is 0.322 e. The molecule has 0 bridgehead atoms. The molecular formula is C17H19N5O5. The maximum absolute atomic E-state index is 12.3. The van der Waals surface area contributed by atoms with Crippen LogP contribution in [-0.4, -0.2) is 47.2 Å². The monoisotopic (exact) mass is 373 g/mol. The third kappa shape index (κ3) is 3.54. The van der Waals surface area contributed by atoms with E-state index < -0.39 is 5.91 Å². The van der Waals surface area contributed by atoms with E-state index in [4.69, 9.17) is 18.6 Å². The molecule has 0 aliphatic heterocycles. The summed E-state index contributed by atoms with van der Waals surface area (Å²) in [6.07, 6.45) is 1.55. The molecule has 0 atom stereocenters. The van der Waals surface area contributed by atoms with Gasteiger partial charge in [0.1, 0.15) is 5.69 Å². The lowest BCUT2D eigenvalue weighted by molar-refractivity contribution is 0.101. The van der Waals surface area contributed by atoms with E-state index in [9.17, 15) is 4.79 Å². The Morgan fingerprint density at radius 1 is 1.15 bits per heavy atom. The van der Waals surface area contributed by atoms with Crippen LogP contribution in [0.1, 0.15) is 17.4 Å². The summed E-state index contributed by atoms with van der Waals surface area (Å²) in [4.78, 5) is 12.3. The lowest BCUT2D eigenvalue weighted by Crippen LogP contribution is -2.17. The van der Waals surface area contributed by atoms with Crippen molar-refractivity contribution in [3.8, 4) is 28.7 Å². The molecule has 1 N–H and O–H groups in total. The fraction of sp³-hybridized carbons (Fsp3) is 0.294. The van der Waals surface area contributed by atoms with E-state index in [2.05, 4.69) is 20.6 Å². The first kappa shape index (κ1) is 18.2. The minimum absolute atomic E-state index is 0.0346. The van der Waals surface area contributed by atoms with Crippen LogP contribution in [0, 0.1) is 0 Å². The molecular weight excluding hydrogens is 354 g/mol. The van der Waals surface area contributed by atoms with E-state index in [-0.39, 0.29) is 11.9 Å². The van der Waals surface area contributed by atoms with Crippen molar-refractivity contribution in [2.24, 2.45) is 0 Å². The summed E-state index contributed by atoms with van der Waals surface area (Å²) in [7, 11) is 4.54. The normalized spacial score (nSPS) is 10.5. The van der Waals surface area contributed by atoms with Crippen LogP contribution < -0.4 is 19.5 Å². The van der Waals surface area contributed by atoms with Gasteiger partial charge < -0.3 is 18.6 Å². The van der Waals surface area contributed by atoms with Gasteiger partial charge in [-0.2, -0.15) is 5.10 Å². The van der Waals surface area contributed by atoms with Gasteiger partial charge in [0.25, 0.3) is 5.91 Å². The lowest BCUT2D eigenvalue weighted by atomic mass is 10.2. The van der Waals surface area contributed by atoms with Crippen molar-refractivity contribution in [3.63, 3.8) is 0 Å². The van der Waals surface area contributed by atoms with Crippen LogP contribution in [0.5, 0.6) is 17.2 Å². The van der Waals surface area contributed by atoms with Crippen LogP contribution in [-0.2, 0) is 6.54 Å². The predicted molar refractivity (Wildman–Crippen MR) is 95.2 cm³/mol. The molecule has 0 radical (unpaired) electrons. The fourth-order valence-corrected chi connectivity index (χ4v) is 2.53. The van der Waals surface area contributed by atoms with E-state index in [1.165, 1.54) is 21.3 Å². The first-order valence-corrected chi connectivity index (χ1v) is 8.08. The van der Waals surface area contributed by atoms with Gasteiger partial charge >= 0.3 is 6.01 Å². The van der Waals surface area contributed by atoms with Crippen molar-refractivity contribution in [3.05, 3.63) is 30.1 Å². The van der Waals surface area contributed by atoms with Crippen molar-refractivity contribution in [2.45, 2.75) is 13.5 Å². The molecule has 2 heterocycles. The lowest BCUT2D eigenvalue weighted by Gasteiger charge is -2.12. The Bertz CT molecular complexity index is 924. The number of hydrogen-bond donors (Lipinski definition) is 1. The highest BCUT2D eigenvalue weighted by molar-refractivity contribution is 6.01. The van der Waals surface area contributed by atoms with Gasteiger partial charge in [0, 0.05) is 18.3 Å².